The fourth-order valence-corrected chi connectivity index (χ4v) is 3.07. The molecule has 1 fully saturated rings. The quantitative estimate of drug-likeness (QED) is 0.930. The van der Waals surface area contributed by atoms with Crippen molar-refractivity contribution in [3.05, 3.63) is 24.2 Å². The Morgan fingerprint density at radius 3 is 2.80 bits per heavy atom. The number of hydrogen-bond acceptors (Lipinski definition) is 4. The van der Waals surface area contributed by atoms with E-state index in [1.165, 1.54) is 0 Å². The van der Waals surface area contributed by atoms with Gasteiger partial charge >= 0.3 is 0 Å². The highest BCUT2D eigenvalue weighted by Gasteiger charge is 2.38. The molecule has 1 aliphatic heterocycles. The summed E-state index contributed by atoms with van der Waals surface area (Å²) >= 11 is 0. The second-order valence-corrected chi connectivity index (χ2v) is 5.84. The maximum Gasteiger partial charge on any atom is 0.160 e. The lowest BCUT2D eigenvalue weighted by Crippen LogP contribution is -2.43. The minimum Gasteiger partial charge on any atom is -0.381 e. The van der Waals surface area contributed by atoms with Crippen LogP contribution in [0.1, 0.15) is 38.6 Å². The van der Waals surface area contributed by atoms with Gasteiger partial charge in [-0.1, -0.05) is 0 Å². The molecule has 0 aliphatic carbocycles. The van der Waals surface area contributed by atoms with E-state index >= 15 is 0 Å². The minimum absolute atomic E-state index is 0.0801. The zero-order chi connectivity index (χ0) is 14.2. The predicted octanol–water partition coefficient (Wildman–Crippen LogP) is 2.02. The Labute approximate surface area is 119 Å². The van der Waals surface area contributed by atoms with Crippen LogP contribution < -0.4 is 5.73 Å². The lowest BCUT2D eigenvalue weighted by atomic mass is 9.79. The van der Waals surface area contributed by atoms with Crippen LogP contribution >= 0.6 is 0 Å². The summed E-state index contributed by atoms with van der Waals surface area (Å²) in [5, 5.41) is 0. The smallest absolute Gasteiger partial charge is 0.160 e. The summed E-state index contributed by atoms with van der Waals surface area (Å²) in [6.45, 7) is 6.45. The molecule has 1 aliphatic rings. The van der Waals surface area contributed by atoms with Gasteiger partial charge in [-0.25, -0.2) is 9.97 Å². The van der Waals surface area contributed by atoms with E-state index in [2.05, 4.69) is 23.4 Å². The van der Waals surface area contributed by atoms with E-state index in [-0.39, 0.29) is 5.41 Å². The molecule has 0 radical (unpaired) electrons. The SMILES string of the molecule is CC(C)n1c(C2(CN)CCOCC2)nc2cccnc21. The number of aromatic nitrogens is 3. The van der Waals surface area contributed by atoms with Crippen molar-refractivity contribution in [2.75, 3.05) is 19.8 Å². The number of hydrogen-bond donors (Lipinski definition) is 1. The third-order valence-electron chi connectivity index (χ3n) is 4.28. The summed E-state index contributed by atoms with van der Waals surface area (Å²) < 4.78 is 7.76. The first-order chi connectivity index (χ1) is 9.68. The third kappa shape index (κ3) is 2.01. The maximum atomic E-state index is 6.13. The molecule has 2 N–H and O–H groups in total. The van der Waals surface area contributed by atoms with Crippen LogP contribution in [-0.4, -0.2) is 34.3 Å². The van der Waals surface area contributed by atoms with Gasteiger partial charge in [0.05, 0.1) is 0 Å². The van der Waals surface area contributed by atoms with Crippen molar-refractivity contribution in [3.8, 4) is 0 Å². The molecule has 5 nitrogen and oxygen atoms in total. The monoisotopic (exact) mass is 274 g/mol. The molecular formula is C15H22N4O. The van der Waals surface area contributed by atoms with Gasteiger partial charge in [0.25, 0.3) is 0 Å². The van der Waals surface area contributed by atoms with Gasteiger partial charge in [0, 0.05) is 37.4 Å². The topological polar surface area (TPSA) is 66.0 Å². The van der Waals surface area contributed by atoms with E-state index in [1.54, 1.807) is 0 Å². The number of nitrogens with zero attached hydrogens (tertiary/aromatic N) is 3. The van der Waals surface area contributed by atoms with E-state index in [1.807, 2.05) is 18.3 Å². The van der Waals surface area contributed by atoms with Gasteiger partial charge in [-0.15, -0.1) is 0 Å². The maximum absolute atomic E-state index is 6.13. The number of nitrogens with two attached hydrogens (primary N) is 1. The van der Waals surface area contributed by atoms with Crippen LogP contribution in [0.15, 0.2) is 18.3 Å². The number of rotatable bonds is 3. The highest BCUT2D eigenvalue weighted by Crippen LogP contribution is 2.36. The average molecular weight is 274 g/mol. The number of pyridine rings is 1. The Morgan fingerprint density at radius 1 is 1.40 bits per heavy atom. The molecule has 2 aromatic heterocycles. The molecule has 2 aromatic rings. The summed E-state index contributed by atoms with van der Waals surface area (Å²) in [6, 6.07) is 4.27. The Kier molecular flexibility index (Phi) is 3.48. The van der Waals surface area contributed by atoms with E-state index in [4.69, 9.17) is 15.5 Å². The zero-order valence-corrected chi connectivity index (χ0v) is 12.2. The summed E-state index contributed by atoms with van der Waals surface area (Å²) in [5.41, 5.74) is 7.96. The second-order valence-electron chi connectivity index (χ2n) is 5.84. The Balaban J connectivity index is 2.21. The largest absolute Gasteiger partial charge is 0.381 e. The molecule has 0 bridgehead atoms. The summed E-state index contributed by atoms with van der Waals surface area (Å²) in [7, 11) is 0. The minimum atomic E-state index is -0.0801. The molecule has 5 heteroatoms. The van der Waals surface area contributed by atoms with E-state index in [9.17, 15) is 0 Å². The fraction of sp³-hybridized carbons (Fsp3) is 0.600. The van der Waals surface area contributed by atoms with Crippen molar-refractivity contribution in [1.29, 1.82) is 0 Å². The van der Waals surface area contributed by atoms with Crippen molar-refractivity contribution in [1.82, 2.24) is 14.5 Å². The first kappa shape index (κ1) is 13.5. The number of fused-ring (bicyclic) bond motifs is 1. The molecular weight excluding hydrogens is 252 g/mol. The fourth-order valence-electron chi connectivity index (χ4n) is 3.07. The van der Waals surface area contributed by atoms with Gasteiger partial charge < -0.3 is 15.0 Å². The van der Waals surface area contributed by atoms with Crippen molar-refractivity contribution >= 4 is 11.2 Å². The molecule has 1 saturated heterocycles. The molecule has 0 amide bonds. The third-order valence-corrected chi connectivity index (χ3v) is 4.28. The first-order valence-corrected chi connectivity index (χ1v) is 7.29. The molecule has 20 heavy (non-hydrogen) atoms. The van der Waals surface area contributed by atoms with E-state index in [0.29, 0.717) is 12.6 Å². The molecule has 0 atom stereocenters. The van der Waals surface area contributed by atoms with Gasteiger partial charge in [0.1, 0.15) is 11.3 Å². The highest BCUT2D eigenvalue weighted by atomic mass is 16.5. The molecule has 3 heterocycles. The Bertz CT molecular complexity index is 599. The lowest BCUT2D eigenvalue weighted by Gasteiger charge is -2.36. The summed E-state index contributed by atoms with van der Waals surface area (Å²) in [6.07, 6.45) is 3.69. The van der Waals surface area contributed by atoms with Gasteiger partial charge in [-0.05, 0) is 38.8 Å². The Hall–Kier alpha value is -1.46. The van der Waals surface area contributed by atoms with Crippen LogP contribution in [0.5, 0.6) is 0 Å². The normalized spacial score (nSPS) is 18.8. The molecule has 0 unspecified atom stereocenters. The van der Waals surface area contributed by atoms with E-state index < -0.39 is 0 Å². The standard InChI is InChI=1S/C15H22N4O/c1-11(2)19-13-12(4-3-7-17-13)18-14(19)15(10-16)5-8-20-9-6-15/h3-4,7,11H,5-6,8-10,16H2,1-2H3. The van der Waals surface area contributed by atoms with Gasteiger partial charge in [0.15, 0.2) is 5.65 Å². The number of imidazole rings is 1. The second kappa shape index (κ2) is 5.14. The van der Waals surface area contributed by atoms with Gasteiger partial charge in [-0.2, -0.15) is 0 Å². The summed E-state index contributed by atoms with van der Waals surface area (Å²) in [5.74, 6) is 1.08. The van der Waals surface area contributed by atoms with Crippen LogP contribution in [0.4, 0.5) is 0 Å². The van der Waals surface area contributed by atoms with Gasteiger partial charge in [-0.3, -0.25) is 0 Å². The van der Waals surface area contributed by atoms with Crippen LogP contribution in [0.25, 0.3) is 11.2 Å². The van der Waals surface area contributed by atoms with Crippen LogP contribution in [-0.2, 0) is 10.2 Å². The van der Waals surface area contributed by atoms with Crippen molar-refractivity contribution in [2.45, 2.75) is 38.1 Å². The van der Waals surface area contributed by atoms with Crippen LogP contribution in [0, 0.1) is 0 Å². The van der Waals surface area contributed by atoms with Crippen LogP contribution in [0.2, 0.25) is 0 Å². The molecule has 3 rings (SSSR count). The zero-order valence-electron chi connectivity index (χ0n) is 12.2. The molecule has 0 spiro atoms. The predicted molar refractivity (Wildman–Crippen MR) is 78.7 cm³/mol. The van der Waals surface area contributed by atoms with E-state index in [0.717, 1.165) is 43.0 Å². The molecule has 108 valence electrons. The van der Waals surface area contributed by atoms with Crippen molar-refractivity contribution < 1.29 is 4.74 Å². The van der Waals surface area contributed by atoms with Crippen molar-refractivity contribution in [2.24, 2.45) is 5.73 Å². The first-order valence-electron chi connectivity index (χ1n) is 7.29. The lowest BCUT2D eigenvalue weighted by molar-refractivity contribution is 0.0485. The highest BCUT2D eigenvalue weighted by molar-refractivity contribution is 5.71. The average Bonchev–Trinajstić information content (AvgIpc) is 2.88. The molecule has 0 aromatic carbocycles. The number of ether oxygens (including phenoxy) is 1. The van der Waals surface area contributed by atoms with Crippen molar-refractivity contribution in [3.63, 3.8) is 0 Å². The Morgan fingerprint density at radius 2 is 2.15 bits per heavy atom. The van der Waals surface area contributed by atoms with Gasteiger partial charge in [0.2, 0.25) is 0 Å². The summed E-state index contributed by atoms with van der Waals surface area (Å²) in [4.78, 5) is 9.38. The molecule has 0 saturated carbocycles. The van der Waals surface area contributed by atoms with Crippen LogP contribution in [0.3, 0.4) is 0 Å².